The topological polar surface area (TPSA) is 87.1 Å². The normalized spacial score (nSPS) is 17.0. The van der Waals surface area contributed by atoms with Gasteiger partial charge in [-0.3, -0.25) is 0 Å². The van der Waals surface area contributed by atoms with E-state index in [1.165, 1.54) is 0 Å². The number of piperidine rings is 1. The molecule has 1 aliphatic heterocycles. The number of aromatic nitrogens is 3. The van der Waals surface area contributed by atoms with Crippen molar-refractivity contribution < 1.29 is 9.47 Å². The van der Waals surface area contributed by atoms with Gasteiger partial charge in [-0.15, -0.1) is 0 Å². The SMILES string of the molecule is COCCN1CCC(C)(COc2ccnc3[nH]c4cnc(C#N)cc4c23)CC1. The van der Waals surface area contributed by atoms with Gasteiger partial charge in [0.05, 0.1) is 30.3 Å². The van der Waals surface area contributed by atoms with Crippen LogP contribution in [0, 0.1) is 16.7 Å². The monoisotopic (exact) mass is 379 g/mol. The van der Waals surface area contributed by atoms with Gasteiger partial charge in [-0.2, -0.15) is 5.26 Å². The van der Waals surface area contributed by atoms with Crippen LogP contribution < -0.4 is 4.74 Å². The van der Waals surface area contributed by atoms with E-state index in [9.17, 15) is 5.26 Å². The molecule has 3 aromatic heterocycles. The summed E-state index contributed by atoms with van der Waals surface area (Å²) in [5.41, 5.74) is 2.14. The van der Waals surface area contributed by atoms with Gasteiger partial charge in [0, 0.05) is 30.7 Å². The number of hydrogen-bond acceptors (Lipinski definition) is 6. The highest BCUT2D eigenvalue weighted by molar-refractivity contribution is 6.09. The van der Waals surface area contributed by atoms with Crippen molar-refractivity contribution in [2.24, 2.45) is 5.41 Å². The van der Waals surface area contributed by atoms with Crippen LogP contribution in [0.1, 0.15) is 25.5 Å². The van der Waals surface area contributed by atoms with Crippen molar-refractivity contribution in [1.82, 2.24) is 19.9 Å². The van der Waals surface area contributed by atoms with E-state index < -0.39 is 0 Å². The van der Waals surface area contributed by atoms with Crippen molar-refractivity contribution in [3.05, 3.63) is 30.2 Å². The average Bonchev–Trinajstić information content (AvgIpc) is 3.10. The van der Waals surface area contributed by atoms with E-state index in [-0.39, 0.29) is 5.41 Å². The quantitative estimate of drug-likeness (QED) is 0.708. The summed E-state index contributed by atoms with van der Waals surface area (Å²) in [5, 5.41) is 11.0. The van der Waals surface area contributed by atoms with E-state index in [0.717, 1.165) is 66.8 Å². The molecule has 0 saturated carbocycles. The van der Waals surface area contributed by atoms with Crippen LogP contribution in [-0.2, 0) is 4.74 Å². The Morgan fingerprint density at radius 2 is 2.14 bits per heavy atom. The average molecular weight is 379 g/mol. The molecule has 7 nitrogen and oxygen atoms in total. The molecular formula is C21H25N5O2. The first-order valence-electron chi connectivity index (χ1n) is 9.62. The van der Waals surface area contributed by atoms with Crippen molar-refractivity contribution in [3.8, 4) is 11.8 Å². The number of ether oxygens (including phenoxy) is 2. The number of hydrogen-bond donors (Lipinski definition) is 1. The summed E-state index contributed by atoms with van der Waals surface area (Å²) in [6.07, 6.45) is 5.63. The summed E-state index contributed by atoms with van der Waals surface area (Å²) in [6.45, 7) is 6.86. The maximum atomic E-state index is 9.18. The van der Waals surface area contributed by atoms with E-state index >= 15 is 0 Å². The molecule has 7 heteroatoms. The molecule has 0 amide bonds. The maximum Gasteiger partial charge on any atom is 0.142 e. The lowest BCUT2D eigenvalue weighted by atomic mass is 9.81. The maximum absolute atomic E-state index is 9.18. The highest BCUT2D eigenvalue weighted by atomic mass is 16.5. The van der Waals surface area contributed by atoms with E-state index in [1.54, 1.807) is 25.6 Å². The standard InChI is InChI=1S/C21H25N5O2/c1-21(4-7-26(8-5-21)9-10-27-2)14-28-18-3-6-23-20-19(18)16-11-15(12-22)24-13-17(16)25-20/h3,6,11,13H,4-5,7-10,14H2,1-2H3,(H,23,25). The van der Waals surface area contributed by atoms with Crippen LogP contribution in [-0.4, -0.2) is 59.8 Å². The number of H-pyrrole nitrogens is 1. The molecule has 4 rings (SSSR count). The van der Waals surface area contributed by atoms with E-state index in [2.05, 4.69) is 32.8 Å². The number of pyridine rings is 2. The number of nitrogens with one attached hydrogen (secondary N) is 1. The third-order valence-corrected chi connectivity index (χ3v) is 5.70. The van der Waals surface area contributed by atoms with Crippen LogP contribution in [0.2, 0.25) is 0 Å². The fourth-order valence-corrected chi connectivity index (χ4v) is 3.80. The highest BCUT2D eigenvalue weighted by Gasteiger charge is 2.31. The molecule has 0 spiro atoms. The van der Waals surface area contributed by atoms with E-state index in [4.69, 9.17) is 9.47 Å². The molecule has 3 aromatic rings. The molecule has 4 heterocycles. The van der Waals surface area contributed by atoms with Crippen LogP contribution >= 0.6 is 0 Å². The number of nitrogens with zero attached hydrogens (tertiary/aromatic N) is 4. The van der Waals surface area contributed by atoms with Crippen LogP contribution in [0.4, 0.5) is 0 Å². The van der Waals surface area contributed by atoms with E-state index in [1.807, 2.05) is 6.07 Å². The van der Waals surface area contributed by atoms with Crippen LogP contribution in [0.15, 0.2) is 24.5 Å². The van der Waals surface area contributed by atoms with Gasteiger partial charge >= 0.3 is 0 Å². The molecule has 1 N–H and O–H groups in total. The van der Waals surface area contributed by atoms with Gasteiger partial charge in [-0.25, -0.2) is 9.97 Å². The van der Waals surface area contributed by atoms with Gasteiger partial charge in [-0.05, 0) is 38.1 Å². The van der Waals surface area contributed by atoms with Gasteiger partial charge in [0.1, 0.15) is 23.2 Å². The third kappa shape index (κ3) is 3.66. The molecule has 0 atom stereocenters. The fourth-order valence-electron chi connectivity index (χ4n) is 3.80. The first-order valence-corrected chi connectivity index (χ1v) is 9.62. The summed E-state index contributed by atoms with van der Waals surface area (Å²) in [4.78, 5) is 14.3. The van der Waals surface area contributed by atoms with Crippen molar-refractivity contribution in [3.63, 3.8) is 0 Å². The smallest absolute Gasteiger partial charge is 0.142 e. The molecule has 1 fully saturated rings. The number of methoxy groups -OCH3 is 1. The zero-order chi connectivity index (χ0) is 19.6. The largest absolute Gasteiger partial charge is 0.492 e. The minimum absolute atomic E-state index is 0.143. The second-order valence-corrected chi connectivity index (χ2v) is 7.82. The van der Waals surface area contributed by atoms with E-state index in [0.29, 0.717) is 12.3 Å². The Morgan fingerprint density at radius 1 is 1.32 bits per heavy atom. The molecule has 28 heavy (non-hydrogen) atoms. The predicted molar refractivity (Wildman–Crippen MR) is 107 cm³/mol. The molecule has 0 radical (unpaired) electrons. The third-order valence-electron chi connectivity index (χ3n) is 5.70. The number of fused-ring (bicyclic) bond motifs is 3. The fraction of sp³-hybridized carbons (Fsp3) is 0.476. The van der Waals surface area contributed by atoms with Crippen molar-refractivity contribution >= 4 is 21.9 Å². The minimum Gasteiger partial charge on any atom is -0.492 e. The van der Waals surface area contributed by atoms with Gasteiger partial charge in [0.2, 0.25) is 0 Å². The molecule has 146 valence electrons. The lowest BCUT2D eigenvalue weighted by molar-refractivity contribution is 0.0554. The predicted octanol–water partition coefficient (Wildman–Crippen LogP) is 3.11. The Balaban J connectivity index is 1.53. The molecule has 0 aliphatic carbocycles. The summed E-state index contributed by atoms with van der Waals surface area (Å²) >= 11 is 0. The number of rotatable bonds is 6. The van der Waals surface area contributed by atoms with Gasteiger partial charge in [0.15, 0.2) is 0 Å². The Hall–Kier alpha value is -2.69. The Morgan fingerprint density at radius 3 is 2.89 bits per heavy atom. The van der Waals surface area contributed by atoms with Crippen LogP contribution in [0.3, 0.4) is 0 Å². The van der Waals surface area contributed by atoms with Crippen molar-refractivity contribution in [2.45, 2.75) is 19.8 Å². The molecular weight excluding hydrogens is 354 g/mol. The number of aromatic amines is 1. The van der Waals surface area contributed by atoms with Crippen molar-refractivity contribution in [2.75, 3.05) is 40.0 Å². The first kappa shape index (κ1) is 18.7. The Kier molecular flexibility index (Phi) is 5.16. The summed E-state index contributed by atoms with van der Waals surface area (Å²) < 4.78 is 11.5. The highest BCUT2D eigenvalue weighted by Crippen LogP contribution is 2.35. The zero-order valence-electron chi connectivity index (χ0n) is 16.4. The summed E-state index contributed by atoms with van der Waals surface area (Å²) in [5.74, 6) is 0.800. The second kappa shape index (κ2) is 7.74. The Labute approximate surface area is 164 Å². The van der Waals surface area contributed by atoms with Gasteiger partial charge in [-0.1, -0.05) is 6.92 Å². The molecule has 0 unspecified atom stereocenters. The zero-order valence-corrected chi connectivity index (χ0v) is 16.4. The second-order valence-electron chi connectivity index (χ2n) is 7.82. The number of nitriles is 1. The van der Waals surface area contributed by atoms with Crippen LogP contribution in [0.5, 0.6) is 5.75 Å². The van der Waals surface area contributed by atoms with Gasteiger partial charge < -0.3 is 19.4 Å². The Bertz CT molecular complexity index is 1010. The molecule has 1 aliphatic rings. The first-order chi connectivity index (χ1) is 13.6. The molecule has 0 aromatic carbocycles. The minimum atomic E-state index is 0.143. The van der Waals surface area contributed by atoms with Crippen LogP contribution in [0.25, 0.3) is 21.9 Å². The molecule has 1 saturated heterocycles. The summed E-state index contributed by atoms with van der Waals surface area (Å²) in [7, 11) is 1.75. The van der Waals surface area contributed by atoms with Crippen molar-refractivity contribution in [1.29, 1.82) is 5.26 Å². The molecule has 0 bridgehead atoms. The lowest BCUT2D eigenvalue weighted by Crippen LogP contribution is -2.42. The number of likely N-dealkylation sites (tertiary alicyclic amines) is 1. The lowest BCUT2D eigenvalue weighted by Gasteiger charge is -2.39. The van der Waals surface area contributed by atoms with Gasteiger partial charge in [0.25, 0.3) is 0 Å². The summed E-state index contributed by atoms with van der Waals surface area (Å²) in [6, 6.07) is 5.79.